The second-order valence-electron chi connectivity index (χ2n) is 2.75. The van der Waals surface area contributed by atoms with E-state index in [9.17, 15) is 18.0 Å². The van der Waals surface area contributed by atoms with Crippen LogP contribution in [0.4, 0.5) is 0 Å². The first kappa shape index (κ1) is 12.9. The lowest BCUT2D eigenvalue weighted by atomic mass is 10.7. The molecule has 0 aliphatic carbocycles. The normalized spacial score (nSPS) is 10.4. The van der Waals surface area contributed by atoms with E-state index in [0.29, 0.717) is 0 Å². The third kappa shape index (κ3) is 4.04. The fourth-order valence-corrected chi connectivity index (χ4v) is 1.36. The van der Waals surface area contributed by atoms with E-state index in [0.717, 1.165) is 6.20 Å². The molecule has 0 aliphatic heterocycles. The van der Waals surface area contributed by atoms with Crippen LogP contribution in [0.2, 0.25) is 0 Å². The minimum atomic E-state index is -4.06. The summed E-state index contributed by atoms with van der Waals surface area (Å²) in [5, 5.41) is 10.8. The largest absolute Gasteiger partial charge is 0.325 e. The number of sulfonamides is 1. The van der Waals surface area contributed by atoms with Crippen LogP contribution in [0.1, 0.15) is 0 Å². The molecular formula is C7H9N5O4S. The van der Waals surface area contributed by atoms with Gasteiger partial charge in [-0.25, -0.2) is 18.4 Å². The van der Waals surface area contributed by atoms with Crippen molar-refractivity contribution in [1.82, 2.24) is 20.2 Å². The summed E-state index contributed by atoms with van der Waals surface area (Å²) in [6, 6.07) is 1.83. The highest BCUT2D eigenvalue weighted by atomic mass is 32.2. The number of hydrogen-bond acceptors (Lipinski definition) is 5. The predicted molar refractivity (Wildman–Crippen MR) is 57.6 cm³/mol. The van der Waals surface area contributed by atoms with Gasteiger partial charge in [0.2, 0.25) is 10.0 Å². The van der Waals surface area contributed by atoms with Crippen molar-refractivity contribution >= 4 is 10.0 Å². The van der Waals surface area contributed by atoms with Crippen LogP contribution in [0, 0.1) is 0 Å². The van der Waals surface area contributed by atoms with Crippen LogP contribution in [-0.4, -0.2) is 28.6 Å². The first-order valence-corrected chi connectivity index (χ1v) is 5.74. The Kier molecular flexibility index (Phi) is 3.96. The Balaban J connectivity index is 0.000000239. The first-order valence-electron chi connectivity index (χ1n) is 4.20. The fourth-order valence-electron chi connectivity index (χ4n) is 0.824. The molecule has 0 unspecified atom stereocenters. The Hall–Kier alpha value is -2.20. The van der Waals surface area contributed by atoms with E-state index in [1.54, 1.807) is 17.4 Å². The summed E-state index contributed by atoms with van der Waals surface area (Å²) in [7, 11) is -4.06. The standard InChI is InChI=1S/C4H5N3O4S.C3H4N2/c5-12(10,11)2-1-6-4(9)7-3(2)8;1-2-4-5-3-1/h1H,(H2,5,10,11)(H2,6,7,8,9);1-3H,(H,4,5). The number of nitrogens with one attached hydrogen (secondary N) is 3. The van der Waals surface area contributed by atoms with Gasteiger partial charge in [-0.05, 0) is 6.07 Å². The van der Waals surface area contributed by atoms with Crippen LogP contribution in [0.3, 0.4) is 0 Å². The predicted octanol–water partition coefficient (Wildman–Crippen LogP) is -1.88. The maximum absolute atomic E-state index is 10.8. The number of hydrogen-bond donors (Lipinski definition) is 4. The Morgan fingerprint density at radius 3 is 2.35 bits per heavy atom. The van der Waals surface area contributed by atoms with Crippen LogP contribution >= 0.6 is 0 Å². The van der Waals surface area contributed by atoms with Crippen LogP contribution in [0.5, 0.6) is 0 Å². The average molecular weight is 259 g/mol. The monoisotopic (exact) mass is 259 g/mol. The molecule has 0 saturated heterocycles. The highest BCUT2D eigenvalue weighted by Crippen LogP contribution is 1.91. The minimum Gasteiger partial charge on any atom is -0.313 e. The molecule has 0 radical (unpaired) electrons. The number of nitrogens with two attached hydrogens (primary N) is 1. The van der Waals surface area contributed by atoms with Crippen molar-refractivity contribution in [3.63, 3.8) is 0 Å². The van der Waals surface area contributed by atoms with Crippen molar-refractivity contribution < 1.29 is 8.42 Å². The summed E-state index contributed by atoms with van der Waals surface area (Å²) in [5.41, 5.74) is -1.81. The van der Waals surface area contributed by atoms with Crippen LogP contribution in [0.25, 0.3) is 0 Å². The molecule has 0 amide bonds. The molecule has 5 N–H and O–H groups in total. The maximum atomic E-state index is 10.8. The quantitative estimate of drug-likeness (QED) is 0.471. The zero-order valence-electron chi connectivity index (χ0n) is 8.38. The highest BCUT2D eigenvalue weighted by molar-refractivity contribution is 7.89. The van der Waals surface area contributed by atoms with Gasteiger partial charge in [-0.3, -0.25) is 14.9 Å². The molecule has 0 aromatic carbocycles. The Labute approximate surface area is 94.8 Å². The maximum Gasteiger partial charge on any atom is 0.325 e. The first-order chi connectivity index (χ1) is 7.91. The van der Waals surface area contributed by atoms with E-state index in [4.69, 9.17) is 0 Å². The number of H-pyrrole nitrogens is 3. The zero-order chi connectivity index (χ0) is 12.9. The van der Waals surface area contributed by atoms with E-state index in [2.05, 4.69) is 15.3 Å². The van der Waals surface area contributed by atoms with Crippen molar-refractivity contribution in [1.29, 1.82) is 0 Å². The highest BCUT2D eigenvalue weighted by Gasteiger charge is 2.12. The van der Waals surface area contributed by atoms with Gasteiger partial charge in [0.25, 0.3) is 5.56 Å². The molecule has 9 nitrogen and oxygen atoms in total. The van der Waals surface area contributed by atoms with Gasteiger partial charge in [-0.1, -0.05) is 0 Å². The lowest BCUT2D eigenvalue weighted by Gasteiger charge is -1.92. The smallest absolute Gasteiger partial charge is 0.313 e. The second kappa shape index (κ2) is 5.23. The molecule has 0 atom stereocenters. The second-order valence-corrected chi connectivity index (χ2v) is 4.28. The van der Waals surface area contributed by atoms with Gasteiger partial charge in [0, 0.05) is 18.6 Å². The molecule has 92 valence electrons. The van der Waals surface area contributed by atoms with Crippen molar-refractivity contribution in [3.8, 4) is 0 Å². The van der Waals surface area contributed by atoms with E-state index >= 15 is 0 Å². The van der Waals surface area contributed by atoms with Gasteiger partial charge in [0.15, 0.2) is 4.90 Å². The Morgan fingerprint density at radius 2 is 2.00 bits per heavy atom. The average Bonchev–Trinajstić information content (AvgIpc) is 2.72. The summed E-state index contributed by atoms with van der Waals surface area (Å²) < 4.78 is 21.2. The van der Waals surface area contributed by atoms with Crippen LogP contribution < -0.4 is 16.4 Å². The SMILES string of the molecule is NS(=O)(=O)c1c[nH]c(=O)[nH]c1=O.c1cn[nH]c1. The zero-order valence-corrected chi connectivity index (χ0v) is 9.19. The molecule has 17 heavy (non-hydrogen) atoms. The summed E-state index contributed by atoms with van der Waals surface area (Å²) >= 11 is 0. The van der Waals surface area contributed by atoms with E-state index in [1.165, 1.54) is 0 Å². The molecular weight excluding hydrogens is 250 g/mol. The van der Waals surface area contributed by atoms with Crippen molar-refractivity contribution in [2.75, 3.05) is 0 Å². The summed E-state index contributed by atoms with van der Waals surface area (Å²) in [4.78, 5) is 24.2. The van der Waals surface area contributed by atoms with E-state index in [-0.39, 0.29) is 0 Å². The van der Waals surface area contributed by atoms with Gasteiger partial charge in [0.05, 0.1) is 0 Å². The molecule has 2 aromatic heterocycles. The van der Waals surface area contributed by atoms with Crippen molar-refractivity contribution in [3.05, 3.63) is 45.5 Å². The molecule has 0 spiro atoms. The minimum absolute atomic E-state index is 0.665. The van der Waals surface area contributed by atoms with Crippen molar-refractivity contribution in [2.24, 2.45) is 5.14 Å². The number of rotatable bonds is 1. The van der Waals surface area contributed by atoms with Gasteiger partial charge >= 0.3 is 5.69 Å². The topological polar surface area (TPSA) is 155 Å². The number of aromatic nitrogens is 4. The van der Waals surface area contributed by atoms with E-state index in [1.807, 2.05) is 11.1 Å². The fraction of sp³-hybridized carbons (Fsp3) is 0. The third-order valence-corrected chi connectivity index (χ3v) is 2.41. The Bertz CT molecular complexity index is 652. The molecule has 0 fully saturated rings. The number of primary sulfonamides is 1. The molecule has 0 bridgehead atoms. The third-order valence-electron chi connectivity index (χ3n) is 1.50. The van der Waals surface area contributed by atoms with Crippen LogP contribution in [0.15, 0.2) is 39.1 Å². The molecule has 10 heteroatoms. The van der Waals surface area contributed by atoms with Crippen LogP contribution in [-0.2, 0) is 10.0 Å². The van der Waals surface area contributed by atoms with Gasteiger partial charge < -0.3 is 4.98 Å². The lowest BCUT2D eigenvalue weighted by Crippen LogP contribution is -2.29. The van der Waals surface area contributed by atoms with Gasteiger partial charge in [-0.15, -0.1) is 0 Å². The molecule has 0 saturated carbocycles. The molecule has 2 rings (SSSR count). The summed E-state index contributed by atoms with van der Waals surface area (Å²) in [6.45, 7) is 0. The molecule has 0 aliphatic rings. The van der Waals surface area contributed by atoms with Gasteiger partial charge in [0.1, 0.15) is 0 Å². The van der Waals surface area contributed by atoms with Crippen molar-refractivity contribution in [2.45, 2.75) is 4.90 Å². The number of nitrogens with zero attached hydrogens (tertiary/aromatic N) is 1. The number of aromatic amines is 3. The Morgan fingerprint density at radius 1 is 1.29 bits per heavy atom. The van der Waals surface area contributed by atoms with Gasteiger partial charge in [-0.2, -0.15) is 5.10 Å². The van der Waals surface area contributed by atoms with E-state index < -0.39 is 26.2 Å². The summed E-state index contributed by atoms with van der Waals surface area (Å²) in [6.07, 6.45) is 4.20. The molecule has 2 heterocycles. The lowest BCUT2D eigenvalue weighted by molar-refractivity contribution is 0.595. The molecule has 2 aromatic rings. The summed E-state index contributed by atoms with van der Waals surface area (Å²) in [5.74, 6) is 0.